The zero-order valence-corrected chi connectivity index (χ0v) is 20.4. The van der Waals surface area contributed by atoms with Crippen molar-refractivity contribution in [2.24, 2.45) is 0 Å². The number of methoxy groups -OCH3 is 1. The summed E-state index contributed by atoms with van der Waals surface area (Å²) in [6.45, 7) is 1.01. The van der Waals surface area contributed by atoms with Gasteiger partial charge in [0.2, 0.25) is 0 Å². The number of nitrogens with one attached hydrogen (secondary N) is 1. The van der Waals surface area contributed by atoms with Gasteiger partial charge >= 0.3 is 0 Å². The Bertz CT molecular complexity index is 1560. The van der Waals surface area contributed by atoms with Gasteiger partial charge in [-0.1, -0.05) is 42.5 Å². The number of ether oxygens (including phenoxy) is 3. The van der Waals surface area contributed by atoms with Gasteiger partial charge in [0.15, 0.2) is 11.5 Å². The molecule has 0 fully saturated rings. The SMILES string of the molecule is COc1ccc(-c2sc3cc(-c4ccccc4)ccc3c2C(=O)Nc2ccc3c(c2)OCCO3)cc1. The number of anilines is 1. The van der Waals surface area contributed by atoms with Gasteiger partial charge in [0, 0.05) is 26.7 Å². The lowest BCUT2D eigenvalue weighted by Gasteiger charge is -2.19. The van der Waals surface area contributed by atoms with Gasteiger partial charge in [-0.3, -0.25) is 4.79 Å². The molecule has 0 spiro atoms. The lowest BCUT2D eigenvalue weighted by atomic mass is 10.0. The van der Waals surface area contributed by atoms with Crippen molar-refractivity contribution in [3.63, 3.8) is 0 Å². The number of hydrogen-bond donors (Lipinski definition) is 1. The number of benzene rings is 4. The smallest absolute Gasteiger partial charge is 0.257 e. The zero-order chi connectivity index (χ0) is 24.5. The van der Waals surface area contributed by atoms with Gasteiger partial charge < -0.3 is 19.5 Å². The highest BCUT2D eigenvalue weighted by molar-refractivity contribution is 7.22. The first kappa shape index (κ1) is 22.2. The molecule has 0 aliphatic carbocycles. The fourth-order valence-electron chi connectivity index (χ4n) is 4.39. The Hall–Kier alpha value is -4.29. The Morgan fingerprint density at radius 1 is 0.806 bits per heavy atom. The molecule has 0 radical (unpaired) electrons. The molecule has 4 aromatic carbocycles. The quantitative estimate of drug-likeness (QED) is 0.280. The topological polar surface area (TPSA) is 56.8 Å². The zero-order valence-electron chi connectivity index (χ0n) is 19.6. The summed E-state index contributed by atoms with van der Waals surface area (Å²) in [6, 6.07) is 29.8. The molecule has 0 saturated heterocycles. The molecule has 0 bridgehead atoms. The Morgan fingerprint density at radius 2 is 1.56 bits per heavy atom. The van der Waals surface area contributed by atoms with E-state index in [1.165, 1.54) is 0 Å². The van der Waals surface area contributed by atoms with Crippen LogP contribution in [-0.4, -0.2) is 26.2 Å². The van der Waals surface area contributed by atoms with Gasteiger partial charge in [0.05, 0.1) is 12.7 Å². The van der Waals surface area contributed by atoms with Crippen LogP contribution >= 0.6 is 11.3 Å². The second-order valence-corrected chi connectivity index (χ2v) is 9.48. The molecule has 6 heteroatoms. The largest absolute Gasteiger partial charge is 0.497 e. The van der Waals surface area contributed by atoms with E-state index in [2.05, 4.69) is 29.6 Å². The number of carbonyl (C=O) groups is 1. The third-order valence-corrected chi connectivity index (χ3v) is 7.38. The van der Waals surface area contributed by atoms with Crippen LogP contribution in [0.2, 0.25) is 0 Å². The molecule has 1 N–H and O–H groups in total. The van der Waals surface area contributed by atoms with Crippen LogP contribution in [-0.2, 0) is 0 Å². The predicted octanol–water partition coefficient (Wildman–Crippen LogP) is 7.27. The van der Waals surface area contributed by atoms with Gasteiger partial charge in [0.1, 0.15) is 19.0 Å². The van der Waals surface area contributed by atoms with Crippen LogP contribution in [0.3, 0.4) is 0 Å². The van der Waals surface area contributed by atoms with Crippen molar-refractivity contribution in [2.45, 2.75) is 0 Å². The van der Waals surface area contributed by atoms with Crippen LogP contribution < -0.4 is 19.5 Å². The number of carbonyl (C=O) groups excluding carboxylic acids is 1. The molecule has 2 heterocycles. The Balaban J connectivity index is 1.43. The normalized spacial score (nSPS) is 12.4. The van der Waals surface area contributed by atoms with E-state index in [-0.39, 0.29) is 5.91 Å². The first-order valence-electron chi connectivity index (χ1n) is 11.7. The third-order valence-electron chi connectivity index (χ3n) is 6.18. The van der Waals surface area contributed by atoms with E-state index < -0.39 is 0 Å². The maximum atomic E-state index is 13.7. The molecule has 36 heavy (non-hydrogen) atoms. The molecule has 1 aliphatic rings. The number of rotatable bonds is 5. The fraction of sp³-hybridized carbons (Fsp3) is 0.100. The molecule has 5 nitrogen and oxygen atoms in total. The van der Waals surface area contributed by atoms with Crippen molar-refractivity contribution in [1.29, 1.82) is 0 Å². The third kappa shape index (κ3) is 4.16. The summed E-state index contributed by atoms with van der Waals surface area (Å²) in [6.07, 6.45) is 0. The number of amides is 1. The van der Waals surface area contributed by atoms with Crippen LogP contribution in [0.5, 0.6) is 17.2 Å². The minimum absolute atomic E-state index is 0.170. The van der Waals surface area contributed by atoms with Crippen molar-refractivity contribution in [3.8, 4) is 38.8 Å². The minimum atomic E-state index is -0.170. The number of fused-ring (bicyclic) bond motifs is 2. The highest BCUT2D eigenvalue weighted by Gasteiger charge is 2.22. The first-order chi connectivity index (χ1) is 17.7. The molecule has 1 aliphatic heterocycles. The lowest BCUT2D eigenvalue weighted by molar-refractivity contribution is 0.102. The van der Waals surface area contributed by atoms with E-state index in [9.17, 15) is 4.79 Å². The average Bonchev–Trinajstić information content (AvgIpc) is 3.32. The molecule has 0 atom stereocenters. The highest BCUT2D eigenvalue weighted by Crippen LogP contribution is 2.41. The molecular weight excluding hydrogens is 470 g/mol. The summed E-state index contributed by atoms with van der Waals surface area (Å²) >= 11 is 1.61. The lowest BCUT2D eigenvalue weighted by Crippen LogP contribution is -2.16. The average molecular weight is 494 g/mol. The van der Waals surface area contributed by atoms with Crippen molar-refractivity contribution in [1.82, 2.24) is 0 Å². The standard InChI is InChI=1S/C30H23NO4S/c1-33-23-11-7-20(8-12-23)29-28(30(32)31-22-10-14-25-26(18-22)35-16-15-34-25)24-13-9-21(17-27(24)36-29)19-5-3-2-4-6-19/h2-14,17-18H,15-16H2,1H3,(H,31,32). The summed E-state index contributed by atoms with van der Waals surface area (Å²) < 4.78 is 17.7. The van der Waals surface area contributed by atoms with Crippen molar-refractivity contribution >= 4 is 33.0 Å². The molecule has 0 saturated carbocycles. The Morgan fingerprint density at radius 3 is 2.33 bits per heavy atom. The highest BCUT2D eigenvalue weighted by atomic mass is 32.1. The van der Waals surface area contributed by atoms with Crippen LogP contribution in [0.15, 0.2) is 91.0 Å². The molecule has 0 unspecified atom stereocenters. The summed E-state index contributed by atoms with van der Waals surface area (Å²) in [4.78, 5) is 14.6. The summed E-state index contributed by atoms with van der Waals surface area (Å²) in [5, 5.41) is 3.99. The van der Waals surface area contributed by atoms with Gasteiger partial charge in [-0.25, -0.2) is 0 Å². The van der Waals surface area contributed by atoms with Gasteiger partial charge in [0.25, 0.3) is 5.91 Å². The maximum Gasteiger partial charge on any atom is 0.257 e. The summed E-state index contributed by atoms with van der Waals surface area (Å²) in [5.74, 6) is 1.93. The molecule has 178 valence electrons. The first-order valence-corrected chi connectivity index (χ1v) is 12.5. The molecule has 1 aromatic heterocycles. The van der Waals surface area contributed by atoms with Crippen LogP contribution in [0.4, 0.5) is 5.69 Å². The molecule has 5 aromatic rings. The summed E-state index contributed by atoms with van der Waals surface area (Å²) in [7, 11) is 1.64. The van der Waals surface area contributed by atoms with E-state index >= 15 is 0 Å². The monoisotopic (exact) mass is 493 g/mol. The second kappa shape index (κ2) is 9.40. The maximum absolute atomic E-state index is 13.7. The van der Waals surface area contributed by atoms with Gasteiger partial charge in [-0.15, -0.1) is 11.3 Å². The van der Waals surface area contributed by atoms with Crippen LogP contribution in [0, 0.1) is 0 Å². The van der Waals surface area contributed by atoms with E-state index in [4.69, 9.17) is 14.2 Å². The van der Waals surface area contributed by atoms with E-state index in [1.807, 2.05) is 66.7 Å². The van der Waals surface area contributed by atoms with Crippen LogP contribution in [0.25, 0.3) is 31.7 Å². The van der Waals surface area contributed by atoms with Crippen molar-refractivity contribution in [2.75, 3.05) is 25.6 Å². The van der Waals surface area contributed by atoms with E-state index in [1.54, 1.807) is 18.4 Å². The second-order valence-electron chi connectivity index (χ2n) is 8.42. The van der Waals surface area contributed by atoms with Crippen molar-refractivity contribution in [3.05, 3.63) is 96.6 Å². The Labute approximate surface area is 212 Å². The predicted molar refractivity (Wildman–Crippen MR) is 145 cm³/mol. The number of hydrogen-bond acceptors (Lipinski definition) is 5. The fourth-order valence-corrected chi connectivity index (χ4v) is 5.64. The molecule has 1 amide bonds. The van der Waals surface area contributed by atoms with Crippen molar-refractivity contribution < 1.29 is 19.0 Å². The Kier molecular flexibility index (Phi) is 5.79. The van der Waals surface area contributed by atoms with Gasteiger partial charge in [-0.2, -0.15) is 0 Å². The summed E-state index contributed by atoms with van der Waals surface area (Å²) in [5.41, 5.74) is 4.52. The van der Waals surface area contributed by atoms with E-state index in [0.717, 1.165) is 37.4 Å². The van der Waals surface area contributed by atoms with E-state index in [0.29, 0.717) is 36.0 Å². The van der Waals surface area contributed by atoms with Gasteiger partial charge in [-0.05, 0) is 59.2 Å². The minimum Gasteiger partial charge on any atom is -0.497 e. The molecule has 6 rings (SSSR count). The number of thiophene rings is 1. The van der Waals surface area contributed by atoms with Crippen LogP contribution in [0.1, 0.15) is 10.4 Å². The molecular formula is C30H23NO4S.